The van der Waals surface area contributed by atoms with Gasteiger partial charge in [0.05, 0.1) is 11.8 Å². The molecular weight excluding hydrogens is 456 g/mol. The molecule has 0 aliphatic heterocycles. The summed E-state index contributed by atoms with van der Waals surface area (Å²) in [6.45, 7) is 9.46. The van der Waals surface area contributed by atoms with Gasteiger partial charge in [0, 0.05) is 19.0 Å². The Balaban J connectivity index is 0.000000566. The molecule has 194 valence electrons. The molecule has 0 unspecified atom stereocenters. The molecule has 35 heavy (non-hydrogen) atoms. The van der Waals surface area contributed by atoms with Crippen molar-refractivity contribution in [3.8, 4) is 0 Å². The van der Waals surface area contributed by atoms with E-state index in [2.05, 4.69) is 10.3 Å². The summed E-state index contributed by atoms with van der Waals surface area (Å²) in [7, 11) is 1.74. The number of ether oxygens (including phenoxy) is 1. The molecule has 1 aromatic heterocycles. The van der Waals surface area contributed by atoms with Crippen LogP contribution in [0.3, 0.4) is 0 Å². The van der Waals surface area contributed by atoms with Gasteiger partial charge >= 0.3 is 6.18 Å². The zero-order chi connectivity index (χ0) is 26.4. The fourth-order valence-electron chi connectivity index (χ4n) is 3.38. The van der Waals surface area contributed by atoms with Crippen molar-refractivity contribution in [2.75, 3.05) is 12.4 Å². The molecular formula is C28H38F4N2O. The number of aromatic nitrogens is 1. The maximum Gasteiger partial charge on any atom is 0.416 e. The van der Waals surface area contributed by atoms with E-state index in [-0.39, 0.29) is 5.82 Å². The second-order valence-electron chi connectivity index (χ2n) is 8.25. The van der Waals surface area contributed by atoms with E-state index in [9.17, 15) is 17.6 Å². The minimum absolute atomic E-state index is 0.311. The molecule has 0 radical (unpaired) electrons. The highest BCUT2D eigenvalue weighted by molar-refractivity contribution is 5.45. The van der Waals surface area contributed by atoms with Gasteiger partial charge in [-0.15, -0.1) is 0 Å². The molecule has 1 aromatic rings. The van der Waals surface area contributed by atoms with E-state index >= 15 is 0 Å². The highest BCUT2D eigenvalue weighted by atomic mass is 19.4. The standard InChI is InChI=1S/C22H31F3O.C6H7FN2/c1-6-11-18(15-19(12-7-2)22(23,24)25)21(16(4)8-3)26-20-14-10-9-13-17(20)5;1-8-6-3-2-5(7)4-9-6/h6,11-12,15H,7-10,13-14H2,1-5H3;2-4H,1H3,(H,8,9)/b11-6-,18-15+,19-12-,21-16?;. The molecule has 0 amide bonds. The molecule has 0 atom stereocenters. The van der Waals surface area contributed by atoms with Crippen molar-refractivity contribution in [2.45, 2.75) is 79.3 Å². The zero-order valence-electron chi connectivity index (χ0n) is 21.7. The van der Waals surface area contributed by atoms with Gasteiger partial charge in [0.1, 0.15) is 23.2 Å². The van der Waals surface area contributed by atoms with E-state index in [0.29, 0.717) is 23.6 Å². The molecule has 0 bridgehead atoms. The number of pyridine rings is 1. The Bertz CT molecular complexity index is 952. The van der Waals surface area contributed by atoms with Crippen molar-refractivity contribution in [3.63, 3.8) is 0 Å². The van der Waals surface area contributed by atoms with Crippen LogP contribution < -0.4 is 5.32 Å². The van der Waals surface area contributed by atoms with Crippen LogP contribution in [0.5, 0.6) is 0 Å². The Hall–Kier alpha value is -2.83. The monoisotopic (exact) mass is 494 g/mol. The first-order valence-corrected chi connectivity index (χ1v) is 12.0. The maximum atomic E-state index is 13.4. The van der Waals surface area contributed by atoms with E-state index < -0.39 is 11.7 Å². The first-order chi connectivity index (χ1) is 16.6. The van der Waals surface area contributed by atoms with Gasteiger partial charge in [-0.1, -0.05) is 32.1 Å². The smallest absolute Gasteiger partial charge is 0.416 e. The van der Waals surface area contributed by atoms with Gasteiger partial charge in [-0.25, -0.2) is 9.37 Å². The van der Waals surface area contributed by atoms with Crippen LogP contribution in [0.25, 0.3) is 0 Å². The Labute approximate surface area is 207 Å². The number of nitrogens with zero attached hydrogens (tertiary/aromatic N) is 1. The average Bonchev–Trinajstić information content (AvgIpc) is 2.83. The van der Waals surface area contributed by atoms with Crippen molar-refractivity contribution in [1.82, 2.24) is 4.98 Å². The number of hydrogen-bond donors (Lipinski definition) is 1. The zero-order valence-corrected chi connectivity index (χ0v) is 21.7. The Morgan fingerprint density at radius 2 is 1.86 bits per heavy atom. The van der Waals surface area contributed by atoms with Crippen molar-refractivity contribution >= 4 is 5.82 Å². The summed E-state index contributed by atoms with van der Waals surface area (Å²) in [5, 5.41) is 2.78. The quantitative estimate of drug-likeness (QED) is 0.222. The minimum atomic E-state index is -4.38. The molecule has 0 fully saturated rings. The van der Waals surface area contributed by atoms with Crippen LogP contribution >= 0.6 is 0 Å². The largest absolute Gasteiger partial charge is 0.461 e. The molecule has 7 heteroatoms. The van der Waals surface area contributed by atoms with Gasteiger partial charge in [0.2, 0.25) is 0 Å². The first kappa shape index (κ1) is 30.2. The number of halogens is 4. The van der Waals surface area contributed by atoms with Crippen molar-refractivity contribution in [1.29, 1.82) is 0 Å². The lowest BCUT2D eigenvalue weighted by molar-refractivity contribution is -0.0884. The number of allylic oxidation sites excluding steroid dienone is 8. The van der Waals surface area contributed by atoms with Crippen molar-refractivity contribution in [3.05, 3.63) is 82.3 Å². The van der Waals surface area contributed by atoms with E-state index in [0.717, 1.165) is 43.4 Å². The molecule has 1 aliphatic carbocycles. The van der Waals surface area contributed by atoms with Gasteiger partial charge in [0.15, 0.2) is 0 Å². The molecule has 1 heterocycles. The van der Waals surface area contributed by atoms with Crippen LogP contribution in [0.4, 0.5) is 23.4 Å². The predicted octanol–water partition coefficient (Wildman–Crippen LogP) is 9.20. The lowest BCUT2D eigenvalue weighted by atomic mass is 9.98. The lowest BCUT2D eigenvalue weighted by Crippen LogP contribution is -2.11. The van der Waals surface area contributed by atoms with Crippen LogP contribution in [0.15, 0.2) is 76.4 Å². The highest BCUT2D eigenvalue weighted by Crippen LogP contribution is 2.34. The fourth-order valence-corrected chi connectivity index (χ4v) is 3.38. The third-order valence-corrected chi connectivity index (χ3v) is 5.48. The second-order valence-corrected chi connectivity index (χ2v) is 8.25. The van der Waals surface area contributed by atoms with Gasteiger partial charge in [-0.05, 0) is 82.2 Å². The molecule has 3 nitrogen and oxygen atoms in total. The highest BCUT2D eigenvalue weighted by Gasteiger charge is 2.32. The summed E-state index contributed by atoms with van der Waals surface area (Å²) in [4.78, 5) is 3.71. The summed E-state index contributed by atoms with van der Waals surface area (Å²) in [6, 6.07) is 2.94. The molecule has 0 spiro atoms. The van der Waals surface area contributed by atoms with E-state index in [1.54, 1.807) is 39.1 Å². The summed E-state index contributed by atoms with van der Waals surface area (Å²) < 4.78 is 58.5. The topological polar surface area (TPSA) is 34.2 Å². The number of nitrogens with one attached hydrogen (secondary N) is 1. The normalized spacial score (nSPS) is 16.1. The number of alkyl halides is 3. The van der Waals surface area contributed by atoms with E-state index in [1.165, 1.54) is 30.0 Å². The SMILES string of the molecule is CNc1ccc(F)cn1.C\C=C/C(=C\C(=C\CC)C(F)(F)F)C(OC1=C(C)CCCC1)=C(C)CC. The van der Waals surface area contributed by atoms with Gasteiger partial charge in [-0.3, -0.25) is 0 Å². The number of hydrogen-bond acceptors (Lipinski definition) is 3. The summed E-state index contributed by atoms with van der Waals surface area (Å²) in [6.07, 6.45) is 7.72. The summed E-state index contributed by atoms with van der Waals surface area (Å²) in [5.41, 5.74) is 1.97. The van der Waals surface area contributed by atoms with Crippen molar-refractivity contribution < 1.29 is 22.3 Å². The Morgan fingerprint density at radius 1 is 1.17 bits per heavy atom. The molecule has 0 saturated heterocycles. The number of rotatable bonds is 8. The fraction of sp³-hybridized carbons (Fsp3) is 0.464. The maximum absolute atomic E-state index is 13.4. The molecule has 2 rings (SSSR count). The molecule has 0 saturated carbocycles. The number of anilines is 1. The third kappa shape index (κ3) is 10.5. The molecule has 1 aliphatic rings. The second kappa shape index (κ2) is 15.2. The summed E-state index contributed by atoms with van der Waals surface area (Å²) >= 11 is 0. The Kier molecular flexibility index (Phi) is 13.1. The molecule has 1 N–H and O–H groups in total. The molecule has 0 aromatic carbocycles. The van der Waals surface area contributed by atoms with E-state index in [4.69, 9.17) is 4.74 Å². The van der Waals surface area contributed by atoms with E-state index in [1.807, 2.05) is 20.8 Å². The summed E-state index contributed by atoms with van der Waals surface area (Å²) in [5.74, 6) is 1.82. The Morgan fingerprint density at radius 3 is 2.34 bits per heavy atom. The van der Waals surface area contributed by atoms with Gasteiger partial charge < -0.3 is 10.1 Å². The van der Waals surface area contributed by atoms with Gasteiger partial charge in [-0.2, -0.15) is 13.2 Å². The van der Waals surface area contributed by atoms with Crippen LogP contribution in [-0.4, -0.2) is 18.2 Å². The minimum Gasteiger partial charge on any atom is -0.461 e. The van der Waals surface area contributed by atoms with Crippen LogP contribution in [0.1, 0.15) is 73.1 Å². The van der Waals surface area contributed by atoms with Gasteiger partial charge in [0.25, 0.3) is 0 Å². The van der Waals surface area contributed by atoms with Crippen LogP contribution in [0.2, 0.25) is 0 Å². The van der Waals surface area contributed by atoms with Crippen LogP contribution in [0, 0.1) is 5.82 Å². The lowest BCUT2D eigenvalue weighted by Gasteiger charge is -2.22. The first-order valence-electron chi connectivity index (χ1n) is 12.0. The van der Waals surface area contributed by atoms with Crippen molar-refractivity contribution in [2.24, 2.45) is 0 Å². The van der Waals surface area contributed by atoms with Crippen LogP contribution in [-0.2, 0) is 4.74 Å². The third-order valence-electron chi connectivity index (χ3n) is 5.48. The predicted molar refractivity (Wildman–Crippen MR) is 136 cm³/mol. The average molecular weight is 495 g/mol.